The van der Waals surface area contributed by atoms with Gasteiger partial charge in [-0.3, -0.25) is 9.59 Å². The van der Waals surface area contributed by atoms with Crippen LogP contribution in [0.3, 0.4) is 0 Å². The fourth-order valence-electron chi connectivity index (χ4n) is 3.47. The van der Waals surface area contributed by atoms with Crippen LogP contribution in [0.15, 0.2) is 24.3 Å². The van der Waals surface area contributed by atoms with E-state index in [1.807, 2.05) is 26.0 Å². The fraction of sp³-hybridized carbons (Fsp3) is 0.391. The third-order valence-electron chi connectivity index (χ3n) is 5.05. The molecule has 29 heavy (non-hydrogen) atoms. The number of phenolic OH excluding ortho intramolecular Hbond substituents is 2. The number of carboxylic acid groups (broad SMARTS) is 2. The number of carbonyl (C=O) groups is 2. The van der Waals surface area contributed by atoms with Gasteiger partial charge >= 0.3 is 11.9 Å². The Morgan fingerprint density at radius 1 is 0.690 bits per heavy atom. The molecule has 0 saturated heterocycles. The Hall–Kier alpha value is -3.02. The lowest BCUT2D eigenvalue weighted by molar-refractivity contribution is -0.138. The van der Waals surface area contributed by atoms with Gasteiger partial charge in [0.05, 0.1) is 0 Å². The number of phenols is 2. The zero-order chi connectivity index (χ0) is 21.6. The molecule has 0 saturated carbocycles. The maximum atomic E-state index is 10.9. The highest BCUT2D eigenvalue weighted by Gasteiger charge is 2.15. The molecule has 0 aromatic heterocycles. The van der Waals surface area contributed by atoms with E-state index in [0.29, 0.717) is 36.8 Å². The van der Waals surface area contributed by atoms with E-state index in [1.54, 1.807) is 12.1 Å². The van der Waals surface area contributed by atoms with Crippen molar-refractivity contribution in [3.8, 4) is 11.5 Å². The lowest BCUT2D eigenvalue weighted by atomic mass is 9.92. The molecule has 0 amide bonds. The molecule has 0 heterocycles. The molecule has 0 unspecified atom stereocenters. The van der Waals surface area contributed by atoms with Crippen LogP contribution in [0.1, 0.15) is 60.1 Å². The highest BCUT2D eigenvalue weighted by atomic mass is 16.4. The largest absolute Gasteiger partial charge is 0.507 e. The zero-order valence-electron chi connectivity index (χ0n) is 16.9. The molecule has 0 atom stereocenters. The quantitative estimate of drug-likeness (QED) is 0.482. The Labute approximate surface area is 170 Å². The smallest absolute Gasteiger partial charge is 0.303 e. The molecule has 0 spiro atoms. The van der Waals surface area contributed by atoms with Crippen molar-refractivity contribution in [2.45, 2.75) is 58.8 Å². The molecule has 2 aromatic rings. The number of aliphatic carboxylic acids is 2. The molecule has 0 aliphatic rings. The van der Waals surface area contributed by atoms with Gasteiger partial charge in [0.1, 0.15) is 11.5 Å². The van der Waals surface area contributed by atoms with Crippen LogP contribution >= 0.6 is 0 Å². The van der Waals surface area contributed by atoms with E-state index in [-0.39, 0.29) is 30.8 Å². The van der Waals surface area contributed by atoms with Gasteiger partial charge in [-0.2, -0.15) is 0 Å². The summed E-state index contributed by atoms with van der Waals surface area (Å²) in [4.78, 5) is 21.8. The van der Waals surface area contributed by atoms with E-state index in [1.165, 1.54) is 0 Å². The molecule has 6 heteroatoms. The summed E-state index contributed by atoms with van der Waals surface area (Å²) in [5.74, 6) is -1.46. The van der Waals surface area contributed by atoms with Crippen molar-refractivity contribution in [3.05, 3.63) is 57.6 Å². The van der Waals surface area contributed by atoms with Gasteiger partial charge in [-0.25, -0.2) is 0 Å². The third kappa shape index (κ3) is 5.98. The molecule has 0 aliphatic heterocycles. The van der Waals surface area contributed by atoms with Crippen LogP contribution in [0.4, 0.5) is 0 Å². The summed E-state index contributed by atoms with van der Waals surface area (Å²) < 4.78 is 0. The molecule has 4 N–H and O–H groups in total. The summed E-state index contributed by atoms with van der Waals surface area (Å²) in [6.07, 6.45) is 2.21. The van der Waals surface area contributed by atoms with E-state index in [9.17, 15) is 19.8 Å². The summed E-state index contributed by atoms with van der Waals surface area (Å²) in [6.45, 7) is 3.83. The van der Waals surface area contributed by atoms with E-state index in [0.717, 1.165) is 22.3 Å². The summed E-state index contributed by atoms with van der Waals surface area (Å²) in [5, 5.41) is 39.2. The average Bonchev–Trinajstić information content (AvgIpc) is 2.68. The second-order valence-corrected chi connectivity index (χ2v) is 7.20. The van der Waals surface area contributed by atoms with E-state index >= 15 is 0 Å². The number of aryl methyl sites for hydroxylation is 4. The van der Waals surface area contributed by atoms with E-state index in [4.69, 9.17) is 10.2 Å². The van der Waals surface area contributed by atoms with Crippen molar-refractivity contribution in [2.75, 3.05) is 0 Å². The van der Waals surface area contributed by atoms with E-state index < -0.39 is 11.9 Å². The Kier molecular flexibility index (Phi) is 7.65. The number of benzene rings is 2. The van der Waals surface area contributed by atoms with Crippen LogP contribution in [0.5, 0.6) is 11.5 Å². The standard InChI is InChI=1S/C23H28O6/c1-3-16-9-14(5-7-20(24)25)11-18(22(16)28)13-19-12-15(6-8-21(26)27)10-17(4-2)23(19)29/h9-12,28-29H,3-8,13H2,1-2H3,(H,24,25)(H,26,27). The minimum Gasteiger partial charge on any atom is -0.507 e. The van der Waals surface area contributed by atoms with E-state index in [2.05, 4.69) is 0 Å². The van der Waals surface area contributed by atoms with Gasteiger partial charge in [0.2, 0.25) is 0 Å². The summed E-state index contributed by atoms with van der Waals surface area (Å²) in [6, 6.07) is 7.21. The Balaban J connectivity index is 2.43. The molecule has 0 radical (unpaired) electrons. The maximum absolute atomic E-state index is 10.9. The first-order valence-electron chi connectivity index (χ1n) is 9.85. The minimum absolute atomic E-state index is 0.00325. The van der Waals surface area contributed by atoms with Gasteiger partial charge in [0.25, 0.3) is 0 Å². The second kappa shape index (κ2) is 9.96. The number of hydrogen-bond donors (Lipinski definition) is 4. The predicted molar refractivity (Wildman–Crippen MR) is 110 cm³/mol. The van der Waals surface area contributed by atoms with Gasteiger partial charge in [-0.1, -0.05) is 38.1 Å². The van der Waals surface area contributed by atoms with Crippen LogP contribution in [0, 0.1) is 0 Å². The van der Waals surface area contributed by atoms with Crippen molar-refractivity contribution >= 4 is 11.9 Å². The number of carboxylic acids is 2. The molecule has 2 aromatic carbocycles. The van der Waals surface area contributed by atoms with Crippen molar-refractivity contribution in [1.29, 1.82) is 0 Å². The average molecular weight is 400 g/mol. The lowest BCUT2D eigenvalue weighted by Gasteiger charge is -2.15. The number of aromatic hydroxyl groups is 2. The molecular formula is C23H28O6. The highest BCUT2D eigenvalue weighted by molar-refractivity contribution is 5.67. The van der Waals surface area contributed by atoms with Gasteiger partial charge in [0, 0.05) is 19.3 Å². The minimum atomic E-state index is -0.881. The lowest BCUT2D eigenvalue weighted by Crippen LogP contribution is -2.02. The third-order valence-corrected chi connectivity index (χ3v) is 5.05. The SMILES string of the molecule is CCc1cc(CCC(=O)O)cc(Cc2cc(CCC(=O)O)cc(CC)c2O)c1O. The first kappa shape index (κ1) is 22.3. The number of hydrogen-bond acceptors (Lipinski definition) is 4. The highest BCUT2D eigenvalue weighted by Crippen LogP contribution is 2.33. The molecule has 0 fully saturated rings. The van der Waals surface area contributed by atoms with Gasteiger partial charge in [-0.15, -0.1) is 0 Å². The van der Waals surface area contributed by atoms with Gasteiger partial charge in [-0.05, 0) is 59.1 Å². The Morgan fingerprint density at radius 2 is 1.03 bits per heavy atom. The van der Waals surface area contributed by atoms with Crippen LogP contribution in [0.2, 0.25) is 0 Å². The normalized spacial score (nSPS) is 10.8. The molecule has 0 bridgehead atoms. The zero-order valence-corrected chi connectivity index (χ0v) is 16.9. The molecule has 0 aliphatic carbocycles. The van der Waals surface area contributed by atoms with Gasteiger partial charge < -0.3 is 20.4 Å². The summed E-state index contributed by atoms with van der Waals surface area (Å²) >= 11 is 0. The Morgan fingerprint density at radius 3 is 1.34 bits per heavy atom. The first-order chi connectivity index (χ1) is 13.7. The van der Waals surface area contributed by atoms with Crippen LogP contribution in [0.25, 0.3) is 0 Å². The van der Waals surface area contributed by atoms with Crippen molar-refractivity contribution in [1.82, 2.24) is 0 Å². The maximum Gasteiger partial charge on any atom is 0.303 e. The van der Waals surface area contributed by atoms with Crippen molar-refractivity contribution in [3.63, 3.8) is 0 Å². The molecular weight excluding hydrogens is 372 g/mol. The monoisotopic (exact) mass is 400 g/mol. The van der Waals surface area contributed by atoms with Crippen LogP contribution < -0.4 is 0 Å². The van der Waals surface area contributed by atoms with Crippen LogP contribution in [-0.4, -0.2) is 32.4 Å². The first-order valence-corrected chi connectivity index (χ1v) is 9.85. The Bertz CT molecular complexity index is 827. The second-order valence-electron chi connectivity index (χ2n) is 7.20. The molecule has 156 valence electrons. The van der Waals surface area contributed by atoms with Gasteiger partial charge in [0.15, 0.2) is 0 Å². The predicted octanol–water partition coefficient (Wildman–Crippen LogP) is 3.85. The fourth-order valence-corrected chi connectivity index (χ4v) is 3.47. The summed E-state index contributed by atoms with van der Waals surface area (Å²) in [7, 11) is 0. The summed E-state index contributed by atoms with van der Waals surface area (Å²) in [5.41, 5.74) is 4.37. The number of rotatable bonds is 10. The topological polar surface area (TPSA) is 115 Å². The van der Waals surface area contributed by atoms with Crippen LogP contribution in [-0.2, 0) is 41.7 Å². The van der Waals surface area contributed by atoms with Crippen molar-refractivity contribution in [2.24, 2.45) is 0 Å². The molecule has 6 nitrogen and oxygen atoms in total. The molecule has 2 rings (SSSR count). The van der Waals surface area contributed by atoms with Crippen molar-refractivity contribution < 1.29 is 30.0 Å².